The molecule has 1 aromatic carbocycles. The highest BCUT2D eigenvalue weighted by Crippen LogP contribution is 2.22. The van der Waals surface area contributed by atoms with Gasteiger partial charge in [0.2, 0.25) is 5.91 Å². The van der Waals surface area contributed by atoms with Crippen molar-refractivity contribution in [2.45, 2.75) is 33.6 Å². The Morgan fingerprint density at radius 1 is 1.19 bits per heavy atom. The molecule has 1 aliphatic rings. The molecule has 4 N–H and O–H groups in total. The van der Waals surface area contributed by atoms with E-state index in [9.17, 15) is 9.59 Å². The fourth-order valence-electron chi connectivity index (χ4n) is 3.66. The van der Waals surface area contributed by atoms with E-state index in [1.807, 2.05) is 49.7 Å². The number of carbonyl (C=O) groups is 2. The topological polar surface area (TPSA) is 94.4 Å². The maximum absolute atomic E-state index is 12.5. The average molecular weight is 370 g/mol. The number of hydrogen-bond acceptors (Lipinski definition) is 3. The first-order valence-electron chi connectivity index (χ1n) is 9.41. The highest BCUT2D eigenvalue weighted by Gasteiger charge is 2.27. The van der Waals surface area contributed by atoms with Crippen LogP contribution >= 0.6 is 0 Å². The lowest BCUT2D eigenvalue weighted by molar-refractivity contribution is -0.897. The van der Waals surface area contributed by atoms with Crippen molar-refractivity contribution in [3.63, 3.8) is 0 Å². The number of quaternary nitrogens is 1. The van der Waals surface area contributed by atoms with Gasteiger partial charge in [0.15, 0.2) is 6.54 Å². The summed E-state index contributed by atoms with van der Waals surface area (Å²) in [6, 6.07) is 8.13. The van der Waals surface area contributed by atoms with Gasteiger partial charge in [-0.1, -0.05) is 17.7 Å². The van der Waals surface area contributed by atoms with Crippen molar-refractivity contribution in [2.24, 2.45) is 11.7 Å². The van der Waals surface area contributed by atoms with Crippen LogP contribution in [0.4, 0.5) is 5.69 Å². The predicted octanol–water partition coefficient (Wildman–Crippen LogP) is 0.516. The van der Waals surface area contributed by atoms with E-state index in [4.69, 9.17) is 5.73 Å². The fourth-order valence-corrected chi connectivity index (χ4v) is 3.66. The minimum Gasteiger partial charge on any atom is -0.369 e. The molecule has 0 spiro atoms. The normalized spacial score (nSPS) is 19.7. The maximum Gasteiger partial charge on any atom is 0.279 e. The van der Waals surface area contributed by atoms with E-state index in [-0.39, 0.29) is 17.7 Å². The molecule has 0 atom stereocenters. The molecule has 1 saturated heterocycles. The Kier molecular flexibility index (Phi) is 5.60. The minimum absolute atomic E-state index is 0.0304. The zero-order chi connectivity index (χ0) is 19.6. The molecular formula is C20H28N5O2+. The lowest BCUT2D eigenvalue weighted by atomic mass is 9.96. The first kappa shape index (κ1) is 19.1. The highest BCUT2D eigenvalue weighted by molar-refractivity contribution is 5.92. The molecule has 0 saturated carbocycles. The second-order valence-corrected chi connectivity index (χ2v) is 7.44. The molecule has 27 heavy (non-hydrogen) atoms. The summed E-state index contributed by atoms with van der Waals surface area (Å²) < 4.78 is 1.86. The lowest BCUT2D eigenvalue weighted by Gasteiger charge is -2.27. The van der Waals surface area contributed by atoms with Crippen LogP contribution in [0.5, 0.6) is 0 Å². The van der Waals surface area contributed by atoms with E-state index in [2.05, 4.69) is 10.4 Å². The van der Waals surface area contributed by atoms with E-state index >= 15 is 0 Å². The van der Waals surface area contributed by atoms with Crippen molar-refractivity contribution in [3.05, 3.63) is 41.2 Å². The van der Waals surface area contributed by atoms with Crippen molar-refractivity contribution in [3.8, 4) is 5.69 Å². The fraction of sp³-hybridized carbons (Fsp3) is 0.450. The van der Waals surface area contributed by atoms with Gasteiger partial charge in [0.1, 0.15) is 0 Å². The molecule has 2 aromatic rings. The van der Waals surface area contributed by atoms with E-state index in [0.717, 1.165) is 48.7 Å². The number of aryl methyl sites for hydroxylation is 2. The number of anilines is 1. The molecular weight excluding hydrogens is 342 g/mol. The molecule has 0 aliphatic carbocycles. The second kappa shape index (κ2) is 7.92. The van der Waals surface area contributed by atoms with Gasteiger partial charge in [-0.2, -0.15) is 5.10 Å². The highest BCUT2D eigenvalue weighted by atomic mass is 16.2. The molecule has 7 heteroatoms. The monoisotopic (exact) mass is 370 g/mol. The number of hydrogen-bond donors (Lipinski definition) is 3. The third-order valence-electron chi connectivity index (χ3n) is 5.34. The molecule has 2 amide bonds. The molecule has 0 unspecified atom stereocenters. The van der Waals surface area contributed by atoms with Crippen LogP contribution in [0.2, 0.25) is 0 Å². The van der Waals surface area contributed by atoms with Crippen LogP contribution < -0.4 is 16.0 Å². The van der Waals surface area contributed by atoms with Crippen molar-refractivity contribution in [1.82, 2.24) is 9.78 Å². The van der Waals surface area contributed by atoms with Crippen molar-refractivity contribution in [1.29, 1.82) is 0 Å². The van der Waals surface area contributed by atoms with Gasteiger partial charge in [-0.05, 0) is 32.9 Å². The van der Waals surface area contributed by atoms with Crippen LogP contribution in [-0.4, -0.2) is 41.2 Å². The average Bonchev–Trinajstić information content (AvgIpc) is 2.91. The number of nitrogens with zero attached hydrogens (tertiary/aromatic N) is 2. The first-order valence-corrected chi connectivity index (χ1v) is 9.41. The Balaban J connectivity index is 1.65. The van der Waals surface area contributed by atoms with Crippen LogP contribution in [0, 0.1) is 26.7 Å². The Morgan fingerprint density at radius 3 is 2.41 bits per heavy atom. The van der Waals surface area contributed by atoms with Gasteiger partial charge in [0, 0.05) is 18.8 Å². The van der Waals surface area contributed by atoms with Crippen LogP contribution in [0.3, 0.4) is 0 Å². The van der Waals surface area contributed by atoms with Crippen molar-refractivity contribution >= 4 is 17.5 Å². The summed E-state index contributed by atoms with van der Waals surface area (Å²) in [5.41, 5.74) is 10.0. The van der Waals surface area contributed by atoms with Gasteiger partial charge in [-0.15, -0.1) is 0 Å². The molecule has 0 bridgehead atoms. The van der Waals surface area contributed by atoms with Crippen LogP contribution in [0.25, 0.3) is 5.69 Å². The molecule has 1 aromatic heterocycles. The summed E-state index contributed by atoms with van der Waals surface area (Å²) in [5, 5.41) is 7.61. The number of amides is 2. The predicted molar refractivity (Wildman–Crippen MR) is 104 cm³/mol. The quantitative estimate of drug-likeness (QED) is 0.716. The van der Waals surface area contributed by atoms with E-state index < -0.39 is 0 Å². The largest absolute Gasteiger partial charge is 0.369 e. The first-order chi connectivity index (χ1) is 12.8. The van der Waals surface area contributed by atoms with E-state index in [1.165, 1.54) is 10.5 Å². The number of rotatable bonds is 5. The molecule has 1 aliphatic heterocycles. The zero-order valence-corrected chi connectivity index (χ0v) is 16.2. The van der Waals surface area contributed by atoms with E-state index in [1.54, 1.807) is 0 Å². The van der Waals surface area contributed by atoms with Gasteiger partial charge in [-0.25, -0.2) is 4.68 Å². The van der Waals surface area contributed by atoms with E-state index in [0.29, 0.717) is 6.54 Å². The smallest absolute Gasteiger partial charge is 0.279 e. The van der Waals surface area contributed by atoms with Gasteiger partial charge in [0.05, 0.1) is 35.9 Å². The van der Waals surface area contributed by atoms with Crippen molar-refractivity contribution < 1.29 is 14.5 Å². The molecule has 7 nitrogen and oxygen atoms in total. The SMILES string of the molecule is Cc1ccc(-n2nc(C)c(NC(=O)C[NH+]3CCC(C(N)=O)CC3)c2C)cc1. The second-order valence-electron chi connectivity index (χ2n) is 7.44. The number of likely N-dealkylation sites (tertiary alicyclic amines) is 1. The Labute approximate surface area is 159 Å². The lowest BCUT2D eigenvalue weighted by Crippen LogP contribution is -3.14. The molecule has 0 radical (unpaired) electrons. The summed E-state index contributed by atoms with van der Waals surface area (Å²) in [4.78, 5) is 25.0. The summed E-state index contributed by atoms with van der Waals surface area (Å²) in [5.74, 6) is -0.306. The summed E-state index contributed by atoms with van der Waals surface area (Å²) in [7, 11) is 0. The Bertz CT molecular complexity index is 833. The van der Waals surface area contributed by atoms with Crippen LogP contribution in [0.15, 0.2) is 24.3 Å². The summed E-state index contributed by atoms with van der Waals surface area (Å²) in [6.07, 6.45) is 1.50. The number of nitrogens with two attached hydrogens (primary N) is 1. The number of aromatic nitrogens is 2. The number of nitrogens with one attached hydrogen (secondary N) is 2. The minimum atomic E-state index is -0.228. The van der Waals surface area contributed by atoms with Gasteiger partial charge in [0.25, 0.3) is 5.91 Å². The molecule has 2 heterocycles. The van der Waals surface area contributed by atoms with Crippen molar-refractivity contribution in [2.75, 3.05) is 25.0 Å². The molecule has 144 valence electrons. The molecule has 1 fully saturated rings. The van der Waals surface area contributed by atoms with Crippen LogP contribution in [-0.2, 0) is 9.59 Å². The number of primary amides is 1. The summed E-state index contributed by atoms with van der Waals surface area (Å²) in [6.45, 7) is 7.88. The summed E-state index contributed by atoms with van der Waals surface area (Å²) >= 11 is 0. The third kappa shape index (κ3) is 4.36. The number of carbonyl (C=O) groups excluding carboxylic acids is 2. The third-order valence-corrected chi connectivity index (χ3v) is 5.34. The van der Waals surface area contributed by atoms with Gasteiger partial charge < -0.3 is 16.0 Å². The van der Waals surface area contributed by atoms with Crippen LogP contribution in [0.1, 0.15) is 29.8 Å². The Morgan fingerprint density at radius 2 is 1.81 bits per heavy atom. The standard InChI is InChI=1S/C20H27N5O2/c1-13-4-6-17(7-5-13)25-15(3)19(14(2)23-25)22-18(26)12-24-10-8-16(9-11-24)20(21)27/h4-7,16H,8-12H2,1-3H3,(H2,21,27)(H,22,26)/p+1. The maximum atomic E-state index is 12.5. The van der Waals surface area contributed by atoms with Gasteiger partial charge >= 0.3 is 0 Å². The number of piperidine rings is 1. The van der Waals surface area contributed by atoms with Gasteiger partial charge in [-0.3, -0.25) is 9.59 Å². The number of benzene rings is 1. The molecule has 3 rings (SSSR count). The Hall–Kier alpha value is -2.67. The zero-order valence-electron chi connectivity index (χ0n) is 16.2.